The number of anilines is 1. The Labute approximate surface area is 118 Å². The molecule has 3 N–H and O–H groups in total. The largest absolute Gasteiger partial charge is 0.393 e. The summed E-state index contributed by atoms with van der Waals surface area (Å²) in [7, 11) is -3.98. The Morgan fingerprint density at radius 1 is 1.40 bits per heavy atom. The zero-order valence-corrected chi connectivity index (χ0v) is 12.5. The van der Waals surface area contributed by atoms with E-state index >= 15 is 0 Å². The fraction of sp³-hybridized carbons (Fsp3) is 0.500. The van der Waals surface area contributed by atoms with E-state index in [1.807, 2.05) is 13.8 Å². The van der Waals surface area contributed by atoms with Crippen LogP contribution >= 0.6 is 0 Å². The first-order chi connectivity index (χ1) is 9.20. The highest BCUT2D eigenvalue weighted by molar-refractivity contribution is 7.89. The van der Waals surface area contributed by atoms with Crippen LogP contribution in [0.5, 0.6) is 0 Å². The second kappa shape index (κ2) is 6.19. The van der Waals surface area contributed by atoms with Crippen molar-refractivity contribution in [3.05, 3.63) is 28.3 Å². The summed E-state index contributed by atoms with van der Waals surface area (Å²) in [6.07, 6.45) is 0.794. The molecule has 20 heavy (non-hydrogen) atoms. The van der Waals surface area contributed by atoms with Crippen molar-refractivity contribution in [1.82, 2.24) is 4.72 Å². The second-order valence-corrected chi connectivity index (χ2v) is 6.43. The number of rotatable bonds is 6. The fourth-order valence-corrected chi connectivity index (χ4v) is 3.28. The van der Waals surface area contributed by atoms with Crippen molar-refractivity contribution in [3.8, 4) is 0 Å². The van der Waals surface area contributed by atoms with Gasteiger partial charge >= 0.3 is 5.69 Å². The van der Waals surface area contributed by atoms with E-state index in [0.29, 0.717) is 0 Å². The molecule has 0 saturated heterocycles. The summed E-state index contributed by atoms with van der Waals surface area (Å²) in [4.78, 5) is 9.81. The molecule has 0 spiro atoms. The van der Waals surface area contributed by atoms with Crippen molar-refractivity contribution in [2.75, 3.05) is 5.73 Å². The topological polar surface area (TPSA) is 115 Å². The summed E-state index contributed by atoms with van der Waals surface area (Å²) in [5.74, 6) is 0.116. The number of hydrogen-bond donors (Lipinski definition) is 2. The first kappa shape index (κ1) is 16.4. The predicted molar refractivity (Wildman–Crippen MR) is 76.7 cm³/mol. The summed E-state index contributed by atoms with van der Waals surface area (Å²) in [5.41, 5.74) is 4.74. The molecule has 0 aliphatic heterocycles. The maximum atomic E-state index is 12.3. The normalized spacial score (nSPS) is 14.8. The molecule has 0 aromatic heterocycles. The molecule has 0 heterocycles. The lowest BCUT2D eigenvalue weighted by atomic mass is 10.0. The number of para-hydroxylation sites is 1. The van der Waals surface area contributed by atoms with Crippen molar-refractivity contribution < 1.29 is 13.3 Å². The zero-order valence-electron chi connectivity index (χ0n) is 11.7. The van der Waals surface area contributed by atoms with E-state index < -0.39 is 25.5 Å². The van der Waals surface area contributed by atoms with E-state index in [1.54, 1.807) is 6.92 Å². The van der Waals surface area contributed by atoms with Gasteiger partial charge in [0.2, 0.25) is 10.0 Å². The van der Waals surface area contributed by atoms with Gasteiger partial charge in [0.15, 0.2) is 4.90 Å². The van der Waals surface area contributed by atoms with Crippen molar-refractivity contribution in [3.63, 3.8) is 0 Å². The lowest BCUT2D eigenvalue weighted by molar-refractivity contribution is -0.386. The summed E-state index contributed by atoms with van der Waals surface area (Å²) in [6.45, 7) is 5.57. The van der Waals surface area contributed by atoms with Gasteiger partial charge in [0.05, 0.1) is 4.92 Å². The number of nitro benzene ring substituents is 1. The van der Waals surface area contributed by atoms with E-state index in [1.165, 1.54) is 18.2 Å². The van der Waals surface area contributed by atoms with Crippen molar-refractivity contribution in [2.45, 2.75) is 38.1 Å². The molecule has 1 rings (SSSR count). The van der Waals surface area contributed by atoms with Crippen LogP contribution in [0.4, 0.5) is 11.4 Å². The van der Waals surface area contributed by atoms with E-state index in [2.05, 4.69) is 4.72 Å². The van der Waals surface area contributed by atoms with E-state index in [-0.39, 0.29) is 17.6 Å². The molecular formula is C12H19N3O4S. The molecule has 0 saturated carbocycles. The van der Waals surface area contributed by atoms with Gasteiger partial charge in [-0.05, 0) is 25.0 Å². The summed E-state index contributed by atoms with van der Waals surface area (Å²) >= 11 is 0. The average molecular weight is 301 g/mol. The van der Waals surface area contributed by atoms with Crippen molar-refractivity contribution in [1.29, 1.82) is 0 Å². The Bertz CT molecular complexity index is 601. The van der Waals surface area contributed by atoms with Gasteiger partial charge in [0, 0.05) is 6.04 Å². The van der Waals surface area contributed by atoms with Gasteiger partial charge in [-0.25, -0.2) is 13.1 Å². The van der Waals surface area contributed by atoms with Crippen LogP contribution in [-0.2, 0) is 10.0 Å². The molecule has 2 unspecified atom stereocenters. The van der Waals surface area contributed by atoms with E-state index in [9.17, 15) is 18.5 Å². The van der Waals surface area contributed by atoms with E-state index in [4.69, 9.17) is 5.73 Å². The fourth-order valence-electron chi connectivity index (χ4n) is 1.73. The molecule has 8 heteroatoms. The maximum absolute atomic E-state index is 12.3. The quantitative estimate of drug-likeness (QED) is 0.473. The number of sulfonamides is 1. The Balaban J connectivity index is 3.23. The third-order valence-corrected chi connectivity index (χ3v) is 4.93. The molecule has 1 aromatic rings. The number of hydrogen-bond acceptors (Lipinski definition) is 5. The van der Waals surface area contributed by atoms with Crippen LogP contribution in [0, 0.1) is 16.0 Å². The Morgan fingerprint density at radius 2 is 2.00 bits per heavy atom. The van der Waals surface area contributed by atoms with Gasteiger partial charge in [-0.2, -0.15) is 0 Å². The third-order valence-electron chi connectivity index (χ3n) is 3.34. The highest BCUT2D eigenvalue weighted by Gasteiger charge is 2.29. The Morgan fingerprint density at radius 3 is 2.50 bits per heavy atom. The van der Waals surface area contributed by atoms with Crippen LogP contribution in [0.1, 0.15) is 27.2 Å². The van der Waals surface area contributed by atoms with Crippen LogP contribution < -0.4 is 10.5 Å². The molecule has 0 aliphatic carbocycles. The van der Waals surface area contributed by atoms with Crippen LogP contribution in [-0.4, -0.2) is 19.4 Å². The standard InChI is InChI=1S/C12H19N3O4S/c1-4-8(2)9(3)14-20(18,19)11-7-5-6-10(13)12(11)15(16)17/h5-9,14H,4,13H2,1-3H3. The lowest BCUT2D eigenvalue weighted by Gasteiger charge is -2.19. The molecule has 0 aliphatic rings. The van der Waals surface area contributed by atoms with Crippen molar-refractivity contribution in [2.24, 2.45) is 5.92 Å². The van der Waals surface area contributed by atoms with Gasteiger partial charge in [-0.3, -0.25) is 10.1 Å². The molecule has 0 radical (unpaired) electrons. The SMILES string of the molecule is CCC(C)C(C)NS(=O)(=O)c1cccc(N)c1[N+](=O)[O-]. The molecule has 7 nitrogen and oxygen atoms in total. The van der Waals surface area contributed by atoms with Gasteiger partial charge < -0.3 is 5.73 Å². The summed E-state index contributed by atoms with van der Waals surface area (Å²) < 4.78 is 27.0. The molecule has 0 amide bonds. The number of nitrogen functional groups attached to an aromatic ring is 1. The average Bonchev–Trinajstić information content (AvgIpc) is 2.36. The smallest absolute Gasteiger partial charge is 0.312 e. The number of nitrogens with zero attached hydrogens (tertiary/aromatic N) is 1. The first-order valence-corrected chi connectivity index (χ1v) is 7.74. The maximum Gasteiger partial charge on any atom is 0.312 e. The van der Waals surface area contributed by atoms with E-state index in [0.717, 1.165) is 6.42 Å². The van der Waals surface area contributed by atoms with Gasteiger partial charge in [0.25, 0.3) is 0 Å². The lowest BCUT2D eigenvalue weighted by Crippen LogP contribution is -2.37. The minimum atomic E-state index is -3.98. The zero-order chi connectivity index (χ0) is 15.5. The van der Waals surface area contributed by atoms with Crippen molar-refractivity contribution >= 4 is 21.4 Å². The third kappa shape index (κ3) is 3.45. The molecule has 0 fully saturated rings. The highest BCUT2D eigenvalue weighted by atomic mass is 32.2. The minimum absolute atomic E-state index is 0.116. The molecule has 0 bridgehead atoms. The molecule has 2 atom stereocenters. The van der Waals surface area contributed by atoms with Crippen LogP contribution in [0.25, 0.3) is 0 Å². The summed E-state index contributed by atoms with van der Waals surface area (Å²) in [5, 5.41) is 11.0. The summed E-state index contributed by atoms with van der Waals surface area (Å²) in [6, 6.07) is 3.53. The predicted octanol–water partition coefficient (Wildman–Crippen LogP) is 1.89. The molecule has 112 valence electrons. The minimum Gasteiger partial charge on any atom is -0.393 e. The van der Waals surface area contributed by atoms with Crippen LogP contribution in [0.15, 0.2) is 23.1 Å². The highest BCUT2D eigenvalue weighted by Crippen LogP contribution is 2.29. The second-order valence-electron chi connectivity index (χ2n) is 4.75. The molecular weight excluding hydrogens is 282 g/mol. The van der Waals surface area contributed by atoms with Gasteiger partial charge in [-0.15, -0.1) is 0 Å². The molecule has 1 aromatic carbocycles. The number of benzene rings is 1. The van der Waals surface area contributed by atoms with Crippen LogP contribution in [0.2, 0.25) is 0 Å². The van der Waals surface area contributed by atoms with Gasteiger partial charge in [-0.1, -0.05) is 26.3 Å². The van der Waals surface area contributed by atoms with Gasteiger partial charge in [0.1, 0.15) is 5.69 Å². The Kier molecular flexibility index (Phi) is 5.07. The first-order valence-electron chi connectivity index (χ1n) is 6.26. The number of nitrogens with two attached hydrogens (primary N) is 1. The van der Waals surface area contributed by atoms with Crippen LogP contribution in [0.3, 0.4) is 0 Å². The Hall–Kier alpha value is -1.67. The monoisotopic (exact) mass is 301 g/mol. The number of nitro groups is 1. The number of nitrogens with one attached hydrogen (secondary N) is 1.